The zero-order valence-electron chi connectivity index (χ0n) is 17.0. The molecule has 160 valence electrons. The maximum atomic E-state index is 12.7. The number of hydrogen-bond donors (Lipinski definition) is 3. The molecule has 0 spiro atoms. The van der Waals surface area contributed by atoms with E-state index in [0.29, 0.717) is 35.4 Å². The summed E-state index contributed by atoms with van der Waals surface area (Å²) in [5.74, 6) is 0.726. The van der Waals surface area contributed by atoms with Crippen molar-refractivity contribution in [3.8, 4) is 11.5 Å². The molecule has 0 fully saturated rings. The van der Waals surface area contributed by atoms with Crippen molar-refractivity contribution in [2.75, 3.05) is 18.5 Å². The molecule has 30 heavy (non-hydrogen) atoms. The van der Waals surface area contributed by atoms with Crippen LogP contribution < -0.4 is 25.4 Å². The molecule has 1 unspecified atom stereocenters. The van der Waals surface area contributed by atoms with Crippen molar-refractivity contribution >= 4 is 29.2 Å². The SMILES string of the molecule is CC(C)C(NC(=O)Nc1ccccc1)C(=O)NCc1cc(Cl)c2c(c1)OCCCO2. The lowest BCUT2D eigenvalue weighted by Gasteiger charge is -2.22. The number of fused-ring (bicyclic) bond motifs is 1. The molecule has 2 aromatic rings. The number of benzene rings is 2. The van der Waals surface area contributed by atoms with Crippen molar-refractivity contribution in [3.05, 3.63) is 53.1 Å². The fourth-order valence-corrected chi connectivity index (χ4v) is 3.34. The number of para-hydroxylation sites is 1. The van der Waals surface area contributed by atoms with Gasteiger partial charge in [0.05, 0.1) is 18.2 Å². The lowest BCUT2D eigenvalue weighted by molar-refractivity contribution is -0.124. The minimum absolute atomic E-state index is 0.0982. The smallest absolute Gasteiger partial charge is 0.319 e. The van der Waals surface area contributed by atoms with Crippen LogP contribution in [0.2, 0.25) is 5.02 Å². The van der Waals surface area contributed by atoms with Gasteiger partial charge in [0.2, 0.25) is 5.91 Å². The summed E-state index contributed by atoms with van der Waals surface area (Å²) in [7, 11) is 0. The molecule has 3 rings (SSSR count). The average Bonchev–Trinajstić information content (AvgIpc) is 2.97. The van der Waals surface area contributed by atoms with Crippen LogP contribution in [-0.4, -0.2) is 31.2 Å². The number of ether oxygens (including phenoxy) is 2. The third-order valence-electron chi connectivity index (χ3n) is 4.60. The van der Waals surface area contributed by atoms with Crippen LogP contribution in [0.15, 0.2) is 42.5 Å². The Bertz CT molecular complexity index is 889. The molecule has 3 amide bonds. The Labute approximate surface area is 181 Å². The summed E-state index contributed by atoms with van der Waals surface area (Å²) in [5, 5.41) is 8.77. The predicted octanol–water partition coefficient (Wildman–Crippen LogP) is 3.96. The highest BCUT2D eigenvalue weighted by Crippen LogP contribution is 2.37. The minimum atomic E-state index is -0.690. The summed E-state index contributed by atoms with van der Waals surface area (Å²) in [4.78, 5) is 25.0. The summed E-state index contributed by atoms with van der Waals surface area (Å²) in [5.41, 5.74) is 1.44. The van der Waals surface area contributed by atoms with Gasteiger partial charge < -0.3 is 25.4 Å². The highest BCUT2D eigenvalue weighted by atomic mass is 35.5. The maximum absolute atomic E-state index is 12.7. The number of hydrogen-bond acceptors (Lipinski definition) is 4. The molecule has 0 radical (unpaired) electrons. The van der Waals surface area contributed by atoms with Crippen molar-refractivity contribution in [3.63, 3.8) is 0 Å². The monoisotopic (exact) mass is 431 g/mol. The first-order valence-electron chi connectivity index (χ1n) is 9.92. The number of amides is 3. The van der Waals surface area contributed by atoms with Gasteiger partial charge in [0.1, 0.15) is 6.04 Å². The molecule has 0 bridgehead atoms. The first-order chi connectivity index (χ1) is 14.4. The van der Waals surface area contributed by atoms with Gasteiger partial charge in [0.25, 0.3) is 0 Å². The Morgan fingerprint density at radius 3 is 2.57 bits per heavy atom. The maximum Gasteiger partial charge on any atom is 0.319 e. The van der Waals surface area contributed by atoms with E-state index in [1.165, 1.54) is 0 Å². The summed E-state index contributed by atoms with van der Waals surface area (Å²) in [6.45, 7) is 5.10. The number of rotatable bonds is 6. The molecule has 1 aliphatic heterocycles. The summed E-state index contributed by atoms with van der Waals surface area (Å²) in [6.07, 6.45) is 0.782. The van der Waals surface area contributed by atoms with Gasteiger partial charge >= 0.3 is 6.03 Å². The number of urea groups is 1. The van der Waals surface area contributed by atoms with Crippen molar-refractivity contribution in [2.24, 2.45) is 5.92 Å². The third-order valence-corrected chi connectivity index (χ3v) is 4.88. The van der Waals surface area contributed by atoms with Crippen LogP contribution in [0.25, 0.3) is 0 Å². The largest absolute Gasteiger partial charge is 0.489 e. The van der Waals surface area contributed by atoms with Crippen LogP contribution in [0.3, 0.4) is 0 Å². The van der Waals surface area contributed by atoms with Crippen molar-refractivity contribution in [2.45, 2.75) is 32.9 Å². The molecule has 0 saturated carbocycles. The molecule has 3 N–H and O–H groups in total. The molecule has 0 aliphatic carbocycles. The summed E-state index contributed by atoms with van der Waals surface area (Å²) >= 11 is 6.31. The number of nitrogens with one attached hydrogen (secondary N) is 3. The van der Waals surface area contributed by atoms with E-state index < -0.39 is 12.1 Å². The van der Waals surface area contributed by atoms with Gasteiger partial charge in [-0.05, 0) is 35.7 Å². The van der Waals surface area contributed by atoms with E-state index in [1.807, 2.05) is 38.1 Å². The number of anilines is 1. The van der Waals surface area contributed by atoms with E-state index in [0.717, 1.165) is 12.0 Å². The molecule has 7 nitrogen and oxygen atoms in total. The van der Waals surface area contributed by atoms with E-state index in [-0.39, 0.29) is 18.4 Å². The van der Waals surface area contributed by atoms with E-state index in [2.05, 4.69) is 16.0 Å². The Morgan fingerprint density at radius 2 is 1.83 bits per heavy atom. The van der Waals surface area contributed by atoms with Crippen molar-refractivity contribution in [1.29, 1.82) is 0 Å². The van der Waals surface area contributed by atoms with Gasteiger partial charge in [0, 0.05) is 18.7 Å². The van der Waals surface area contributed by atoms with Crippen molar-refractivity contribution in [1.82, 2.24) is 10.6 Å². The zero-order valence-corrected chi connectivity index (χ0v) is 17.8. The second kappa shape index (κ2) is 10.2. The van der Waals surface area contributed by atoms with Gasteiger partial charge in [-0.3, -0.25) is 4.79 Å². The molecule has 0 aromatic heterocycles. The molecule has 1 aliphatic rings. The highest BCUT2D eigenvalue weighted by molar-refractivity contribution is 6.32. The molecule has 1 atom stereocenters. The van der Waals surface area contributed by atoms with Crippen LogP contribution in [0, 0.1) is 5.92 Å². The van der Waals surface area contributed by atoms with Crippen LogP contribution in [0.5, 0.6) is 11.5 Å². The van der Waals surface area contributed by atoms with Crippen LogP contribution >= 0.6 is 11.6 Å². The second-order valence-corrected chi connectivity index (χ2v) is 7.77. The number of halogens is 1. The standard InChI is InChI=1S/C22H26ClN3O4/c1-14(2)19(26-22(28)25-16-7-4-3-5-8-16)21(27)24-13-15-11-17(23)20-18(12-15)29-9-6-10-30-20/h3-5,7-8,11-12,14,19H,6,9-10,13H2,1-2H3,(H,24,27)(H2,25,26,28). The van der Waals surface area contributed by atoms with E-state index in [9.17, 15) is 9.59 Å². The van der Waals surface area contributed by atoms with Crippen molar-refractivity contribution < 1.29 is 19.1 Å². The highest BCUT2D eigenvalue weighted by Gasteiger charge is 2.24. The molecule has 2 aromatic carbocycles. The molecule has 1 heterocycles. The predicted molar refractivity (Wildman–Crippen MR) is 116 cm³/mol. The zero-order chi connectivity index (χ0) is 21.5. The van der Waals surface area contributed by atoms with E-state index in [1.54, 1.807) is 18.2 Å². The normalized spacial score (nSPS) is 13.9. The average molecular weight is 432 g/mol. The van der Waals surface area contributed by atoms with Crippen LogP contribution in [0.4, 0.5) is 10.5 Å². The Morgan fingerprint density at radius 1 is 1.10 bits per heavy atom. The van der Waals surface area contributed by atoms with Gasteiger partial charge in [0.15, 0.2) is 11.5 Å². The number of carbonyl (C=O) groups is 2. The lowest BCUT2D eigenvalue weighted by atomic mass is 10.0. The second-order valence-electron chi connectivity index (χ2n) is 7.36. The third kappa shape index (κ3) is 5.79. The first kappa shape index (κ1) is 21.8. The van der Waals surface area contributed by atoms with E-state index in [4.69, 9.17) is 21.1 Å². The number of carbonyl (C=O) groups excluding carboxylic acids is 2. The Kier molecular flexibility index (Phi) is 7.41. The molecule has 8 heteroatoms. The minimum Gasteiger partial charge on any atom is -0.489 e. The quantitative estimate of drug-likeness (QED) is 0.645. The van der Waals surface area contributed by atoms with Crippen LogP contribution in [0.1, 0.15) is 25.8 Å². The fraction of sp³-hybridized carbons (Fsp3) is 0.364. The van der Waals surface area contributed by atoms with Gasteiger partial charge in [-0.1, -0.05) is 43.6 Å². The fourth-order valence-electron chi connectivity index (χ4n) is 3.05. The molecule has 0 saturated heterocycles. The van der Waals surface area contributed by atoms with Gasteiger partial charge in [-0.15, -0.1) is 0 Å². The summed E-state index contributed by atoms with van der Waals surface area (Å²) in [6, 6.07) is 11.5. The van der Waals surface area contributed by atoms with E-state index >= 15 is 0 Å². The topological polar surface area (TPSA) is 88.7 Å². The lowest BCUT2D eigenvalue weighted by Crippen LogP contribution is -2.50. The van der Waals surface area contributed by atoms with Crippen LogP contribution in [-0.2, 0) is 11.3 Å². The molecular weight excluding hydrogens is 406 g/mol. The summed E-state index contributed by atoms with van der Waals surface area (Å²) < 4.78 is 11.3. The Hall–Kier alpha value is -2.93. The van der Waals surface area contributed by atoms with Gasteiger partial charge in [-0.2, -0.15) is 0 Å². The van der Waals surface area contributed by atoms with Gasteiger partial charge in [-0.25, -0.2) is 4.79 Å². The Balaban J connectivity index is 1.61. The molecular formula is C22H26ClN3O4. The first-order valence-corrected chi connectivity index (χ1v) is 10.3.